The van der Waals surface area contributed by atoms with Crippen molar-refractivity contribution in [2.45, 2.75) is 33.1 Å². The molecule has 0 radical (unpaired) electrons. The highest BCUT2D eigenvalue weighted by molar-refractivity contribution is 6.00. The zero-order valence-electron chi connectivity index (χ0n) is 19.0. The molecule has 0 aliphatic carbocycles. The predicted octanol–water partition coefficient (Wildman–Crippen LogP) is 5.34. The first-order valence-electron chi connectivity index (χ1n) is 11.0. The van der Waals surface area contributed by atoms with Gasteiger partial charge in [-0.2, -0.15) is 5.10 Å². The van der Waals surface area contributed by atoms with Gasteiger partial charge in [-0.25, -0.2) is 9.48 Å². The van der Waals surface area contributed by atoms with E-state index in [0.717, 1.165) is 47.9 Å². The molecule has 0 amide bonds. The summed E-state index contributed by atoms with van der Waals surface area (Å²) in [6.07, 6.45) is 5.41. The van der Waals surface area contributed by atoms with Crippen LogP contribution in [0.4, 0.5) is 0 Å². The summed E-state index contributed by atoms with van der Waals surface area (Å²) in [5.41, 5.74) is 2.68. The number of methoxy groups -OCH3 is 1. The highest BCUT2D eigenvalue weighted by atomic mass is 16.5. The normalized spacial score (nSPS) is 11.0. The molecule has 0 saturated carbocycles. The zero-order valence-corrected chi connectivity index (χ0v) is 19.0. The number of benzene rings is 2. The summed E-state index contributed by atoms with van der Waals surface area (Å²) in [4.78, 5) is 24.2. The maximum Gasteiger partial charge on any atom is 0.336 e. The lowest BCUT2D eigenvalue weighted by molar-refractivity contribution is 0.112. The van der Waals surface area contributed by atoms with Crippen LogP contribution in [0, 0.1) is 6.92 Å². The number of carbonyl (C=O) groups is 1. The fourth-order valence-corrected chi connectivity index (χ4v) is 3.78. The Kier molecular flexibility index (Phi) is 6.58. The van der Waals surface area contributed by atoms with Crippen molar-refractivity contribution in [3.8, 4) is 28.4 Å². The number of aryl methyl sites for hydroxylation is 1. The molecule has 0 aliphatic rings. The zero-order chi connectivity index (χ0) is 23.4. The standard InChI is InChI=1S/C26H26N2O5/c1-4-5-6-13-32-22-12-11-21-17(2)14-23(30)33-26(21)24(22)25-18(16-29)15-28(27-25)19-7-9-20(31-3)10-8-19/h7-12,14-16H,4-6,13H2,1-3H3. The van der Waals surface area contributed by atoms with Crippen LogP contribution in [0.5, 0.6) is 11.5 Å². The second kappa shape index (κ2) is 9.73. The van der Waals surface area contributed by atoms with Crippen LogP contribution < -0.4 is 15.1 Å². The molecule has 0 unspecified atom stereocenters. The Bertz CT molecular complexity index is 1340. The highest BCUT2D eigenvalue weighted by Crippen LogP contribution is 2.38. The monoisotopic (exact) mass is 446 g/mol. The SMILES string of the molecule is CCCCCOc1ccc2c(C)cc(=O)oc2c1-c1nn(-c2ccc(OC)cc2)cc1C=O. The summed E-state index contributed by atoms with van der Waals surface area (Å²) >= 11 is 0. The van der Waals surface area contributed by atoms with E-state index >= 15 is 0 Å². The number of aromatic nitrogens is 2. The quantitative estimate of drug-likeness (QED) is 0.196. The second-order valence-corrected chi connectivity index (χ2v) is 7.81. The van der Waals surface area contributed by atoms with Crippen LogP contribution in [-0.4, -0.2) is 29.8 Å². The van der Waals surface area contributed by atoms with Gasteiger partial charge in [0.25, 0.3) is 0 Å². The predicted molar refractivity (Wildman–Crippen MR) is 127 cm³/mol. The minimum absolute atomic E-state index is 0.357. The molecular weight excluding hydrogens is 420 g/mol. The average molecular weight is 447 g/mol. The summed E-state index contributed by atoms with van der Waals surface area (Å²) in [6.45, 7) is 4.49. The van der Waals surface area contributed by atoms with E-state index in [1.807, 2.05) is 43.3 Å². The highest BCUT2D eigenvalue weighted by Gasteiger charge is 2.22. The molecular formula is C26H26N2O5. The van der Waals surface area contributed by atoms with E-state index in [4.69, 9.17) is 19.0 Å². The van der Waals surface area contributed by atoms with E-state index < -0.39 is 5.63 Å². The third-order valence-electron chi connectivity index (χ3n) is 5.53. The summed E-state index contributed by atoms with van der Waals surface area (Å²) in [7, 11) is 1.60. The summed E-state index contributed by atoms with van der Waals surface area (Å²) in [5, 5.41) is 5.46. The van der Waals surface area contributed by atoms with E-state index in [1.165, 1.54) is 6.07 Å². The van der Waals surface area contributed by atoms with Crippen molar-refractivity contribution < 1.29 is 18.7 Å². The van der Waals surface area contributed by atoms with Gasteiger partial charge in [-0.3, -0.25) is 4.79 Å². The van der Waals surface area contributed by atoms with Gasteiger partial charge in [-0.1, -0.05) is 19.8 Å². The largest absolute Gasteiger partial charge is 0.497 e. The molecule has 0 atom stereocenters. The Morgan fingerprint density at radius 1 is 1.12 bits per heavy atom. The molecule has 7 heteroatoms. The molecule has 0 aliphatic heterocycles. The van der Waals surface area contributed by atoms with Gasteiger partial charge in [0.2, 0.25) is 0 Å². The van der Waals surface area contributed by atoms with E-state index in [2.05, 4.69) is 6.92 Å². The molecule has 4 rings (SSSR count). The lowest BCUT2D eigenvalue weighted by Gasteiger charge is -2.13. The minimum atomic E-state index is -0.466. The fraction of sp³-hybridized carbons (Fsp3) is 0.269. The van der Waals surface area contributed by atoms with Crippen molar-refractivity contribution in [1.82, 2.24) is 9.78 Å². The molecule has 0 bridgehead atoms. The van der Waals surface area contributed by atoms with Crippen molar-refractivity contribution in [2.75, 3.05) is 13.7 Å². The second-order valence-electron chi connectivity index (χ2n) is 7.81. The maximum atomic E-state index is 12.2. The number of nitrogens with zero attached hydrogens (tertiary/aromatic N) is 2. The number of hydrogen-bond acceptors (Lipinski definition) is 6. The van der Waals surface area contributed by atoms with Gasteiger partial charge in [0, 0.05) is 17.6 Å². The van der Waals surface area contributed by atoms with Crippen molar-refractivity contribution >= 4 is 17.3 Å². The number of aldehydes is 1. The van der Waals surface area contributed by atoms with Crippen LogP contribution in [0.2, 0.25) is 0 Å². The van der Waals surface area contributed by atoms with Gasteiger partial charge < -0.3 is 13.9 Å². The van der Waals surface area contributed by atoms with Crippen molar-refractivity contribution in [3.63, 3.8) is 0 Å². The van der Waals surface area contributed by atoms with E-state index in [0.29, 0.717) is 34.8 Å². The van der Waals surface area contributed by atoms with E-state index in [-0.39, 0.29) is 0 Å². The van der Waals surface area contributed by atoms with Gasteiger partial charge >= 0.3 is 5.63 Å². The topological polar surface area (TPSA) is 83.6 Å². The third kappa shape index (κ3) is 4.53. The summed E-state index contributed by atoms with van der Waals surface area (Å²) in [6, 6.07) is 12.5. The molecule has 4 aromatic rings. The molecule has 2 heterocycles. The van der Waals surface area contributed by atoms with Crippen LogP contribution in [0.1, 0.15) is 42.1 Å². The Labute approximate surface area is 191 Å². The number of unbranched alkanes of at least 4 members (excludes halogenated alkanes) is 2. The number of carbonyl (C=O) groups excluding carboxylic acids is 1. The molecule has 0 fully saturated rings. The van der Waals surface area contributed by atoms with Crippen LogP contribution in [0.25, 0.3) is 27.9 Å². The average Bonchev–Trinajstić information content (AvgIpc) is 3.25. The molecule has 33 heavy (non-hydrogen) atoms. The van der Waals surface area contributed by atoms with Gasteiger partial charge in [0.15, 0.2) is 11.9 Å². The molecule has 0 N–H and O–H groups in total. The number of ether oxygens (including phenoxy) is 2. The first-order valence-corrected chi connectivity index (χ1v) is 11.0. The fourth-order valence-electron chi connectivity index (χ4n) is 3.78. The lowest BCUT2D eigenvalue weighted by Crippen LogP contribution is -2.03. The smallest absolute Gasteiger partial charge is 0.336 e. The van der Waals surface area contributed by atoms with Crippen LogP contribution >= 0.6 is 0 Å². The van der Waals surface area contributed by atoms with Crippen LogP contribution in [0.15, 0.2) is 57.9 Å². The van der Waals surface area contributed by atoms with E-state index in [1.54, 1.807) is 18.0 Å². The first-order chi connectivity index (χ1) is 16.0. The van der Waals surface area contributed by atoms with Gasteiger partial charge in [0.1, 0.15) is 17.2 Å². The van der Waals surface area contributed by atoms with Crippen molar-refractivity contribution in [2.24, 2.45) is 0 Å². The summed E-state index contributed by atoms with van der Waals surface area (Å²) in [5.74, 6) is 1.24. The molecule has 2 aromatic heterocycles. The lowest BCUT2D eigenvalue weighted by atomic mass is 10.0. The molecule has 2 aromatic carbocycles. The minimum Gasteiger partial charge on any atom is -0.497 e. The Balaban J connectivity index is 1.90. The van der Waals surface area contributed by atoms with Crippen molar-refractivity contribution in [1.29, 1.82) is 0 Å². The number of hydrogen-bond donors (Lipinski definition) is 0. The molecule has 170 valence electrons. The Hall–Kier alpha value is -3.87. The Morgan fingerprint density at radius 3 is 2.61 bits per heavy atom. The number of fused-ring (bicyclic) bond motifs is 1. The van der Waals surface area contributed by atoms with Gasteiger partial charge in [0.05, 0.1) is 30.5 Å². The van der Waals surface area contributed by atoms with Gasteiger partial charge in [-0.05, 0) is 55.3 Å². The van der Waals surface area contributed by atoms with Crippen LogP contribution in [0.3, 0.4) is 0 Å². The number of rotatable bonds is 9. The van der Waals surface area contributed by atoms with Crippen molar-refractivity contribution in [3.05, 3.63) is 70.2 Å². The molecule has 7 nitrogen and oxygen atoms in total. The maximum absolute atomic E-state index is 12.2. The van der Waals surface area contributed by atoms with Gasteiger partial charge in [-0.15, -0.1) is 0 Å². The van der Waals surface area contributed by atoms with Crippen LogP contribution in [-0.2, 0) is 0 Å². The molecule has 0 saturated heterocycles. The molecule has 0 spiro atoms. The Morgan fingerprint density at radius 2 is 1.91 bits per heavy atom. The summed E-state index contributed by atoms with van der Waals surface area (Å²) < 4.78 is 18.5. The van der Waals surface area contributed by atoms with E-state index in [9.17, 15) is 9.59 Å². The first kappa shape index (κ1) is 22.3. The third-order valence-corrected chi connectivity index (χ3v) is 5.53.